The molecular weight excluding hydrogens is 228 g/mol. The van der Waals surface area contributed by atoms with Crippen LogP contribution in [0.15, 0.2) is 18.2 Å². The summed E-state index contributed by atoms with van der Waals surface area (Å²) in [6.45, 7) is 0. The number of carbonyl (C=O) groups excluding carboxylic acids is 1. The molecule has 0 radical (unpaired) electrons. The quantitative estimate of drug-likeness (QED) is 0.760. The molecule has 16 heavy (non-hydrogen) atoms. The Balaban J connectivity index is 3.02. The van der Waals surface area contributed by atoms with E-state index < -0.39 is 5.91 Å². The van der Waals surface area contributed by atoms with Gasteiger partial charge in [0.1, 0.15) is 11.5 Å². The second-order valence-electron chi connectivity index (χ2n) is 2.92. The number of nitrogens with one attached hydrogen (secondary N) is 1. The minimum Gasteiger partial charge on any atom is -0.497 e. The number of hydrogen-bond acceptors (Lipinski definition) is 4. The molecular formula is C10H12N2O3S. The van der Waals surface area contributed by atoms with Gasteiger partial charge in [0, 0.05) is 11.6 Å². The molecule has 0 aromatic heterocycles. The van der Waals surface area contributed by atoms with Crippen molar-refractivity contribution in [3.8, 4) is 11.5 Å². The van der Waals surface area contributed by atoms with Gasteiger partial charge in [0.05, 0.1) is 14.2 Å². The zero-order chi connectivity index (χ0) is 12.1. The van der Waals surface area contributed by atoms with E-state index in [0.29, 0.717) is 17.1 Å². The summed E-state index contributed by atoms with van der Waals surface area (Å²) in [5.41, 5.74) is 5.57. The van der Waals surface area contributed by atoms with E-state index in [1.54, 1.807) is 18.2 Å². The third-order valence-electron chi connectivity index (χ3n) is 1.85. The van der Waals surface area contributed by atoms with E-state index in [0.717, 1.165) is 0 Å². The number of rotatable bonds is 3. The average Bonchev–Trinajstić information content (AvgIpc) is 2.27. The molecule has 0 spiro atoms. The van der Waals surface area contributed by atoms with Crippen LogP contribution >= 0.6 is 12.2 Å². The number of carbonyl (C=O) groups is 1. The predicted molar refractivity (Wildman–Crippen MR) is 63.8 cm³/mol. The second kappa shape index (κ2) is 5.32. The Bertz CT molecular complexity index is 398. The summed E-state index contributed by atoms with van der Waals surface area (Å²) in [7, 11) is 3.01. The van der Waals surface area contributed by atoms with E-state index in [1.807, 2.05) is 0 Å². The van der Waals surface area contributed by atoms with Crippen LogP contribution < -0.4 is 20.5 Å². The lowest BCUT2D eigenvalue weighted by atomic mass is 10.2. The van der Waals surface area contributed by atoms with E-state index in [4.69, 9.17) is 15.2 Å². The van der Waals surface area contributed by atoms with Crippen molar-refractivity contribution in [1.29, 1.82) is 0 Å². The summed E-state index contributed by atoms with van der Waals surface area (Å²) in [6, 6.07) is 4.80. The zero-order valence-electron chi connectivity index (χ0n) is 8.94. The van der Waals surface area contributed by atoms with Crippen molar-refractivity contribution >= 4 is 23.2 Å². The molecule has 0 saturated heterocycles. The van der Waals surface area contributed by atoms with E-state index in [-0.39, 0.29) is 5.11 Å². The molecule has 0 saturated carbocycles. The van der Waals surface area contributed by atoms with Crippen LogP contribution in [0.5, 0.6) is 11.5 Å². The molecule has 0 unspecified atom stereocenters. The Kier molecular flexibility index (Phi) is 4.07. The largest absolute Gasteiger partial charge is 0.497 e. The molecule has 0 aliphatic carbocycles. The number of benzene rings is 1. The van der Waals surface area contributed by atoms with Crippen LogP contribution in [0.3, 0.4) is 0 Å². The summed E-state index contributed by atoms with van der Waals surface area (Å²) in [6.07, 6.45) is 0. The minimum absolute atomic E-state index is 0.0770. The number of thiocarbonyl (C=S) groups is 1. The van der Waals surface area contributed by atoms with Gasteiger partial charge < -0.3 is 15.2 Å². The molecule has 1 rings (SSSR count). The lowest BCUT2D eigenvalue weighted by Crippen LogP contribution is -2.34. The first kappa shape index (κ1) is 12.3. The van der Waals surface area contributed by atoms with Gasteiger partial charge in [-0.05, 0) is 24.4 Å². The van der Waals surface area contributed by atoms with Crippen molar-refractivity contribution in [2.24, 2.45) is 5.73 Å². The van der Waals surface area contributed by atoms with Crippen molar-refractivity contribution in [2.75, 3.05) is 14.2 Å². The van der Waals surface area contributed by atoms with Gasteiger partial charge >= 0.3 is 0 Å². The van der Waals surface area contributed by atoms with Crippen molar-refractivity contribution in [2.45, 2.75) is 0 Å². The van der Waals surface area contributed by atoms with Crippen molar-refractivity contribution < 1.29 is 14.3 Å². The zero-order valence-corrected chi connectivity index (χ0v) is 9.76. The summed E-state index contributed by atoms with van der Waals surface area (Å²) in [4.78, 5) is 11.6. The molecule has 1 aromatic carbocycles. The van der Waals surface area contributed by atoms with Gasteiger partial charge in [-0.25, -0.2) is 0 Å². The average molecular weight is 240 g/mol. The normalized spacial score (nSPS) is 9.38. The number of hydrogen-bond donors (Lipinski definition) is 2. The standard InChI is InChI=1S/C10H12N2O3S/c1-14-7-3-6(4-8(5-7)15-2)9(13)12-10(11)16/h3-5H,1-2H3,(H3,11,12,13,16). The highest BCUT2D eigenvalue weighted by atomic mass is 32.1. The van der Waals surface area contributed by atoms with Gasteiger partial charge in [-0.15, -0.1) is 0 Å². The molecule has 0 atom stereocenters. The van der Waals surface area contributed by atoms with E-state index in [1.165, 1.54) is 14.2 Å². The maximum atomic E-state index is 11.6. The van der Waals surface area contributed by atoms with E-state index in [2.05, 4.69) is 17.5 Å². The monoisotopic (exact) mass is 240 g/mol. The highest BCUT2D eigenvalue weighted by Crippen LogP contribution is 2.22. The molecule has 0 aliphatic heterocycles. The number of nitrogens with two attached hydrogens (primary N) is 1. The fraction of sp³-hybridized carbons (Fsp3) is 0.200. The third-order valence-corrected chi connectivity index (χ3v) is 1.95. The lowest BCUT2D eigenvalue weighted by Gasteiger charge is -2.08. The number of ether oxygens (including phenoxy) is 2. The fourth-order valence-electron chi connectivity index (χ4n) is 1.12. The van der Waals surface area contributed by atoms with Gasteiger partial charge in [0.15, 0.2) is 5.11 Å². The molecule has 0 heterocycles. The van der Waals surface area contributed by atoms with Crippen LogP contribution in [-0.2, 0) is 0 Å². The first-order chi connectivity index (χ1) is 7.56. The molecule has 3 N–H and O–H groups in total. The summed E-state index contributed by atoms with van der Waals surface area (Å²) >= 11 is 4.58. The van der Waals surface area contributed by atoms with E-state index in [9.17, 15) is 4.79 Å². The molecule has 6 heteroatoms. The van der Waals surface area contributed by atoms with Crippen LogP contribution in [0.1, 0.15) is 10.4 Å². The molecule has 86 valence electrons. The van der Waals surface area contributed by atoms with Gasteiger partial charge in [-0.3, -0.25) is 10.1 Å². The third kappa shape index (κ3) is 3.09. The Morgan fingerprint density at radius 2 is 1.75 bits per heavy atom. The second-order valence-corrected chi connectivity index (χ2v) is 3.36. The fourth-order valence-corrected chi connectivity index (χ4v) is 1.22. The van der Waals surface area contributed by atoms with Crippen LogP contribution in [0.2, 0.25) is 0 Å². The van der Waals surface area contributed by atoms with Crippen LogP contribution in [-0.4, -0.2) is 25.2 Å². The first-order valence-corrected chi connectivity index (χ1v) is 4.81. The first-order valence-electron chi connectivity index (χ1n) is 4.40. The van der Waals surface area contributed by atoms with Crippen LogP contribution in [0, 0.1) is 0 Å². The summed E-state index contributed by atoms with van der Waals surface area (Å²) < 4.78 is 10.1. The summed E-state index contributed by atoms with van der Waals surface area (Å²) in [5, 5.41) is 2.24. The molecule has 1 aromatic rings. The minimum atomic E-state index is -0.398. The number of methoxy groups -OCH3 is 2. The highest BCUT2D eigenvalue weighted by Gasteiger charge is 2.09. The van der Waals surface area contributed by atoms with Gasteiger partial charge in [0.2, 0.25) is 0 Å². The SMILES string of the molecule is COc1cc(OC)cc(C(=O)NC(N)=S)c1. The molecule has 1 amide bonds. The maximum Gasteiger partial charge on any atom is 0.257 e. The lowest BCUT2D eigenvalue weighted by molar-refractivity contribution is 0.0976. The van der Waals surface area contributed by atoms with Gasteiger partial charge in [0.25, 0.3) is 5.91 Å². The predicted octanol–water partition coefficient (Wildman–Crippen LogP) is 0.677. The van der Waals surface area contributed by atoms with Gasteiger partial charge in [-0.2, -0.15) is 0 Å². The Morgan fingerprint density at radius 3 is 2.12 bits per heavy atom. The van der Waals surface area contributed by atoms with Crippen LogP contribution in [0.25, 0.3) is 0 Å². The molecule has 5 nitrogen and oxygen atoms in total. The van der Waals surface area contributed by atoms with Gasteiger partial charge in [-0.1, -0.05) is 0 Å². The summed E-state index contributed by atoms with van der Waals surface area (Å²) in [5.74, 6) is 0.643. The van der Waals surface area contributed by atoms with Crippen molar-refractivity contribution in [3.63, 3.8) is 0 Å². The maximum absolute atomic E-state index is 11.6. The molecule has 0 bridgehead atoms. The van der Waals surface area contributed by atoms with Crippen LogP contribution in [0.4, 0.5) is 0 Å². The molecule has 0 aliphatic rings. The molecule has 0 fully saturated rings. The van der Waals surface area contributed by atoms with Crippen molar-refractivity contribution in [1.82, 2.24) is 5.32 Å². The van der Waals surface area contributed by atoms with E-state index >= 15 is 0 Å². The smallest absolute Gasteiger partial charge is 0.257 e. The Morgan fingerprint density at radius 1 is 1.25 bits per heavy atom. The number of amides is 1. The van der Waals surface area contributed by atoms with Crippen molar-refractivity contribution in [3.05, 3.63) is 23.8 Å². The Hall–Kier alpha value is -1.82. The topological polar surface area (TPSA) is 73.6 Å². The highest BCUT2D eigenvalue weighted by molar-refractivity contribution is 7.80. The Labute approximate surface area is 98.5 Å².